The molecule has 0 amide bonds. The molecule has 2 aromatic heterocycles. The van der Waals surface area contributed by atoms with E-state index in [4.69, 9.17) is 0 Å². The molecule has 1 saturated heterocycles. The number of nitriles is 1. The van der Waals surface area contributed by atoms with Crippen LogP contribution in [0.3, 0.4) is 0 Å². The highest BCUT2D eigenvalue weighted by molar-refractivity contribution is 5.65. The summed E-state index contributed by atoms with van der Waals surface area (Å²) in [4.78, 5) is 2.49. The maximum absolute atomic E-state index is 9.46. The van der Waals surface area contributed by atoms with E-state index >= 15 is 0 Å². The molecule has 0 atom stereocenters. The Balaban J connectivity index is 1.90. The zero-order valence-electron chi connectivity index (χ0n) is 11.8. The summed E-state index contributed by atoms with van der Waals surface area (Å²) in [6, 6.07) is 8.99. The predicted molar refractivity (Wildman–Crippen MR) is 79.5 cm³/mol. The van der Waals surface area contributed by atoms with Crippen molar-refractivity contribution in [3.8, 4) is 6.07 Å². The number of fused-ring (bicyclic) bond motifs is 1. The normalized spacial score (nSPS) is 15.4. The lowest BCUT2D eigenvalue weighted by Gasteiger charge is -2.38. The second-order valence-corrected chi connectivity index (χ2v) is 5.42. The Hall–Kier alpha value is -1.83. The highest BCUT2D eigenvalue weighted by Gasteiger charge is 2.25. The molecule has 4 heteroatoms. The lowest BCUT2D eigenvalue weighted by atomic mass is 10.1. The molecule has 0 unspecified atom stereocenters. The molecule has 1 N–H and O–H groups in total. The van der Waals surface area contributed by atoms with Crippen LogP contribution in [-0.2, 0) is 6.54 Å². The Morgan fingerprint density at radius 2 is 2.30 bits per heavy atom. The maximum atomic E-state index is 9.46. The minimum absolute atomic E-state index is 0.615. The largest absolute Gasteiger partial charge is 0.322 e. The van der Waals surface area contributed by atoms with Gasteiger partial charge in [-0.25, -0.2) is 0 Å². The van der Waals surface area contributed by atoms with E-state index in [2.05, 4.69) is 33.8 Å². The molecule has 104 valence electrons. The highest BCUT2D eigenvalue weighted by Crippen LogP contribution is 2.21. The van der Waals surface area contributed by atoms with Gasteiger partial charge < -0.3 is 9.72 Å². The molecule has 0 aromatic carbocycles. The third-order valence-corrected chi connectivity index (χ3v) is 4.03. The van der Waals surface area contributed by atoms with E-state index < -0.39 is 0 Å². The van der Waals surface area contributed by atoms with Gasteiger partial charge in [-0.1, -0.05) is 13.0 Å². The molecule has 1 fully saturated rings. The molecule has 0 saturated carbocycles. The van der Waals surface area contributed by atoms with Gasteiger partial charge in [0.25, 0.3) is 0 Å². The van der Waals surface area contributed by atoms with Crippen LogP contribution in [-0.4, -0.2) is 35.0 Å². The van der Waals surface area contributed by atoms with E-state index in [-0.39, 0.29) is 0 Å². The topological polar surface area (TPSA) is 43.5 Å². The Morgan fingerprint density at radius 1 is 1.45 bits per heavy atom. The highest BCUT2D eigenvalue weighted by atomic mass is 15.2. The van der Waals surface area contributed by atoms with Crippen LogP contribution in [0.25, 0.3) is 5.52 Å². The fraction of sp³-hybridized carbons (Fsp3) is 0.438. The minimum atomic E-state index is 0.615. The second-order valence-electron chi connectivity index (χ2n) is 5.42. The summed E-state index contributed by atoms with van der Waals surface area (Å²) in [5, 5.41) is 12.8. The zero-order chi connectivity index (χ0) is 13.9. The van der Waals surface area contributed by atoms with Crippen molar-refractivity contribution in [2.45, 2.75) is 25.9 Å². The first-order chi connectivity index (χ1) is 9.83. The van der Waals surface area contributed by atoms with Crippen molar-refractivity contribution in [2.75, 3.05) is 19.6 Å². The van der Waals surface area contributed by atoms with E-state index in [9.17, 15) is 5.26 Å². The van der Waals surface area contributed by atoms with E-state index in [1.807, 2.05) is 24.4 Å². The number of pyridine rings is 1. The molecule has 0 aliphatic carbocycles. The van der Waals surface area contributed by atoms with Crippen molar-refractivity contribution in [2.24, 2.45) is 0 Å². The van der Waals surface area contributed by atoms with Gasteiger partial charge in [0.05, 0.1) is 11.1 Å². The molecule has 0 spiro atoms. The van der Waals surface area contributed by atoms with Gasteiger partial charge in [0.1, 0.15) is 6.07 Å². The van der Waals surface area contributed by atoms with Gasteiger partial charge in [-0.15, -0.1) is 0 Å². The fourth-order valence-electron chi connectivity index (χ4n) is 2.85. The van der Waals surface area contributed by atoms with Gasteiger partial charge in [0, 0.05) is 43.6 Å². The van der Waals surface area contributed by atoms with Crippen LogP contribution in [0.4, 0.5) is 0 Å². The van der Waals surface area contributed by atoms with E-state index in [0.717, 1.165) is 49.2 Å². The molecular weight excluding hydrogens is 248 g/mol. The third kappa shape index (κ3) is 2.31. The Bertz CT molecular complexity index is 633. The van der Waals surface area contributed by atoms with Crippen molar-refractivity contribution < 1.29 is 0 Å². The fourth-order valence-corrected chi connectivity index (χ4v) is 2.85. The number of hydrogen-bond donors (Lipinski definition) is 1. The average Bonchev–Trinajstić information content (AvgIpc) is 2.74. The van der Waals surface area contributed by atoms with Gasteiger partial charge in [-0.3, -0.25) is 4.90 Å². The second kappa shape index (κ2) is 5.66. The molecule has 4 nitrogen and oxygen atoms in total. The summed E-state index contributed by atoms with van der Waals surface area (Å²) < 4.78 is 2.05. The smallest absolute Gasteiger partial charge is 0.102 e. The number of nitrogens with one attached hydrogen (secondary N) is 1. The molecule has 3 rings (SSSR count). The van der Waals surface area contributed by atoms with Crippen molar-refractivity contribution in [1.82, 2.24) is 14.6 Å². The molecule has 0 radical (unpaired) electrons. The van der Waals surface area contributed by atoms with Crippen molar-refractivity contribution in [1.29, 1.82) is 5.26 Å². The first-order valence-electron chi connectivity index (χ1n) is 7.27. The van der Waals surface area contributed by atoms with E-state index in [1.165, 1.54) is 0 Å². The first-order valence-corrected chi connectivity index (χ1v) is 7.27. The van der Waals surface area contributed by atoms with Crippen LogP contribution in [0.2, 0.25) is 0 Å². The molecule has 20 heavy (non-hydrogen) atoms. The predicted octanol–water partition coefficient (Wildman–Crippen LogP) is 1.99. The van der Waals surface area contributed by atoms with Crippen LogP contribution >= 0.6 is 0 Å². The van der Waals surface area contributed by atoms with Crippen molar-refractivity contribution >= 4 is 5.52 Å². The minimum Gasteiger partial charge on any atom is -0.322 e. The summed E-state index contributed by atoms with van der Waals surface area (Å²) >= 11 is 0. The molecule has 1 aliphatic rings. The molecule has 3 heterocycles. The number of rotatable bonds is 5. The van der Waals surface area contributed by atoms with Crippen LogP contribution in [0.5, 0.6) is 0 Å². The Kier molecular flexibility index (Phi) is 3.72. The average molecular weight is 268 g/mol. The van der Waals surface area contributed by atoms with Crippen LogP contribution in [0, 0.1) is 11.3 Å². The van der Waals surface area contributed by atoms with Gasteiger partial charge >= 0.3 is 0 Å². The van der Waals surface area contributed by atoms with Gasteiger partial charge in [0.2, 0.25) is 0 Å². The molecule has 1 aliphatic heterocycles. The molecular formula is C16H20N4. The quantitative estimate of drug-likeness (QED) is 0.902. The Morgan fingerprint density at radius 3 is 2.95 bits per heavy atom. The van der Waals surface area contributed by atoms with Crippen molar-refractivity contribution in [3.05, 3.63) is 41.7 Å². The summed E-state index contributed by atoms with van der Waals surface area (Å²) in [5.74, 6) is 0. The SMILES string of the molecule is CCCN(Cc1cn2ccccc2c1C#N)C1CNC1. The van der Waals surface area contributed by atoms with E-state index in [0.29, 0.717) is 6.04 Å². The standard InChI is InChI=1S/C16H20N4/c1-2-6-19(14-9-18-10-14)11-13-12-20-7-4-3-5-16(20)15(13)8-17/h3-5,7,12,14,18H,2,6,9-11H2,1H3. The lowest BCUT2D eigenvalue weighted by molar-refractivity contribution is 0.138. The summed E-state index contributed by atoms with van der Waals surface area (Å²) in [7, 11) is 0. The van der Waals surface area contributed by atoms with Crippen LogP contribution in [0.15, 0.2) is 30.6 Å². The lowest BCUT2D eigenvalue weighted by Crippen LogP contribution is -2.57. The monoisotopic (exact) mass is 268 g/mol. The molecule has 0 bridgehead atoms. The first kappa shape index (κ1) is 13.2. The van der Waals surface area contributed by atoms with Gasteiger partial charge in [-0.2, -0.15) is 5.26 Å². The third-order valence-electron chi connectivity index (χ3n) is 4.03. The van der Waals surface area contributed by atoms with Crippen molar-refractivity contribution in [3.63, 3.8) is 0 Å². The summed E-state index contributed by atoms with van der Waals surface area (Å²) in [6.07, 6.45) is 5.25. The van der Waals surface area contributed by atoms with E-state index in [1.54, 1.807) is 0 Å². The zero-order valence-corrected chi connectivity index (χ0v) is 11.8. The Labute approximate surface area is 119 Å². The van der Waals surface area contributed by atoms with Crippen LogP contribution < -0.4 is 5.32 Å². The summed E-state index contributed by atoms with van der Waals surface area (Å²) in [6.45, 7) is 6.29. The summed E-state index contributed by atoms with van der Waals surface area (Å²) in [5.41, 5.74) is 2.96. The van der Waals surface area contributed by atoms with Crippen LogP contribution in [0.1, 0.15) is 24.5 Å². The van der Waals surface area contributed by atoms with Gasteiger partial charge in [0.15, 0.2) is 0 Å². The maximum Gasteiger partial charge on any atom is 0.102 e. The number of aromatic nitrogens is 1. The van der Waals surface area contributed by atoms with Gasteiger partial charge in [-0.05, 0) is 25.1 Å². The molecule has 2 aromatic rings. The number of nitrogens with zero attached hydrogens (tertiary/aromatic N) is 3. The number of hydrogen-bond acceptors (Lipinski definition) is 3.